The van der Waals surface area contributed by atoms with Gasteiger partial charge in [-0.1, -0.05) is 20.8 Å². The van der Waals surface area contributed by atoms with E-state index >= 15 is 4.39 Å². The average Bonchev–Trinajstić information content (AvgIpc) is 3.71. The second kappa shape index (κ2) is 26.3. The van der Waals surface area contributed by atoms with Gasteiger partial charge in [0.15, 0.2) is 30.4 Å². The molecule has 446 valence electrons. The number of methoxy groups -OCH3 is 1. The van der Waals surface area contributed by atoms with Gasteiger partial charge in [0.05, 0.1) is 47.9 Å². The number of hydrogen-bond acceptors (Lipinski definition) is 19. The highest BCUT2D eigenvalue weighted by Gasteiger charge is 2.58. The number of carbonyl (C=O) groups is 4. The van der Waals surface area contributed by atoms with Crippen molar-refractivity contribution in [3.63, 3.8) is 0 Å². The van der Waals surface area contributed by atoms with E-state index in [2.05, 4.69) is 5.32 Å². The number of carboxylic acids is 1. The summed E-state index contributed by atoms with van der Waals surface area (Å²) >= 11 is 0. The molecule has 0 amide bonds. The van der Waals surface area contributed by atoms with Gasteiger partial charge in [-0.2, -0.15) is 0 Å². The Labute approximate surface area is 463 Å². The van der Waals surface area contributed by atoms with E-state index in [1.54, 1.807) is 59.1 Å². The molecule has 21 nitrogen and oxygen atoms in total. The maximum Gasteiger partial charge on any atom is 0.509 e. The summed E-state index contributed by atoms with van der Waals surface area (Å²) in [5, 5.41) is 37.3. The van der Waals surface area contributed by atoms with Crippen molar-refractivity contribution in [2.75, 3.05) is 47.9 Å². The summed E-state index contributed by atoms with van der Waals surface area (Å²) in [5.41, 5.74) is -4.56. The highest BCUT2D eigenvalue weighted by atomic mass is 19.1. The summed E-state index contributed by atoms with van der Waals surface area (Å²) < 4.78 is 73.7. The number of hydrogen-bond donors (Lipinski definition) is 4. The minimum atomic E-state index is -1.64. The molecule has 4 aliphatic heterocycles. The minimum Gasteiger partial charge on any atom is -0.477 e. The summed E-state index contributed by atoms with van der Waals surface area (Å²) in [5.74, 6) is -5.33. The van der Waals surface area contributed by atoms with E-state index in [1.807, 2.05) is 58.6 Å². The van der Waals surface area contributed by atoms with Crippen LogP contribution >= 0.6 is 0 Å². The molecule has 6 rings (SSSR count). The molecule has 4 saturated heterocycles. The van der Waals surface area contributed by atoms with Crippen LogP contribution in [0.25, 0.3) is 10.9 Å². The van der Waals surface area contributed by atoms with E-state index in [1.165, 1.54) is 13.3 Å². The molecule has 2 aromatic rings. The lowest BCUT2D eigenvalue weighted by atomic mass is 9.77. The first-order valence-electron chi connectivity index (χ1n) is 28.0. The van der Waals surface area contributed by atoms with Gasteiger partial charge >= 0.3 is 24.1 Å². The fourth-order valence-corrected chi connectivity index (χ4v) is 12.5. The molecule has 22 heteroatoms. The monoisotopic (exact) mass is 1120 g/mol. The Bertz CT molecular complexity index is 2510. The van der Waals surface area contributed by atoms with E-state index in [9.17, 15) is 39.3 Å². The molecule has 4 aliphatic rings. The van der Waals surface area contributed by atoms with E-state index in [-0.39, 0.29) is 55.7 Å². The zero-order valence-electron chi connectivity index (χ0n) is 48.9. The number of aliphatic hydroxyl groups excluding tert-OH is 1. The van der Waals surface area contributed by atoms with Crippen LogP contribution < -0.4 is 10.7 Å². The number of nitrogens with zero attached hydrogens (tertiary/aromatic N) is 3. The lowest BCUT2D eigenvalue weighted by Gasteiger charge is -2.49. The van der Waals surface area contributed by atoms with Crippen LogP contribution in [0.1, 0.15) is 131 Å². The Kier molecular flexibility index (Phi) is 21.2. The lowest BCUT2D eigenvalue weighted by molar-refractivity contribution is -0.318. The van der Waals surface area contributed by atoms with Crippen LogP contribution in [0, 0.1) is 23.6 Å². The van der Waals surface area contributed by atoms with Crippen LogP contribution in [0.3, 0.4) is 0 Å². The topological polar surface area (TPSA) is 253 Å². The molecule has 4 N–H and O–H groups in total. The van der Waals surface area contributed by atoms with E-state index in [0.717, 1.165) is 6.07 Å². The molecular weight excluding hydrogens is 1030 g/mol. The maximum absolute atomic E-state index is 15.2. The third-order valence-electron chi connectivity index (χ3n) is 17.0. The third-order valence-corrected chi connectivity index (χ3v) is 17.0. The van der Waals surface area contributed by atoms with Crippen LogP contribution in [-0.2, 0) is 65.2 Å². The van der Waals surface area contributed by atoms with Gasteiger partial charge in [0.2, 0.25) is 5.43 Å². The zero-order valence-corrected chi connectivity index (χ0v) is 48.9. The summed E-state index contributed by atoms with van der Waals surface area (Å²) in [4.78, 5) is 69.6. The standard InChI is InChI=1S/C57H89FN4O17/c1-16-42-57(11)49(78-54(69)79-57)34(7)61(14)28-30(3)26-55(9,70)48(77-53-46(65)41(60(12)13)23-31(4)72-53)32(5)47(33(6)52(68)74-42)76-44-27-56(10,71-15)50(35(8)73-44)75-43(63)20-22-59-21-18-19-36-24-40-37(25-39(36)58)45(64)38(51(66)67)29-62(40)17-2/h24-25,29-35,41-42,44,46-50,53,59,65,70H,16-23,26-28H2,1-15H3,(H,66,67)/t30-,31+,32+,33+,34-,35-,41-,42-,44+,46-,47+,48+,49+,50+,53-,55+,56-,57-/m0/s1. The first-order valence-corrected chi connectivity index (χ1v) is 28.0. The number of ether oxygens (including phenoxy) is 9. The minimum absolute atomic E-state index is 0.00347. The second-order valence-corrected chi connectivity index (χ2v) is 23.6. The van der Waals surface area contributed by atoms with Gasteiger partial charge in [-0.05, 0) is 139 Å². The number of benzene rings is 1. The van der Waals surface area contributed by atoms with Gasteiger partial charge < -0.3 is 72.7 Å². The number of aryl methyl sites for hydroxylation is 2. The summed E-state index contributed by atoms with van der Waals surface area (Å²) in [6.45, 7) is 21.3. The first kappa shape index (κ1) is 63.8. The van der Waals surface area contributed by atoms with E-state index < -0.39 is 131 Å². The number of carbonyl (C=O) groups excluding carboxylic acids is 3. The number of esters is 2. The zero-order chi connectivity index (χ0) is 58.6. The number of fused-ring (bicyclic) bond motifs is 2. The molecular formula is C57H89FN4O17. The van der Waals surface area contributed by atoms with Gasteiger partial charge in [-0.15, -0.1) is 0 Å². The quantitative estimate of drug-likeness (QED) is 0.0877. The van der Waals surface area contributed by atoms with Gasteiger partial charge in [-0.25, -0.2) is 14.0 Å². The number of cyclic esters (lactones) is 1. The van der Waals surface area contributed by atoms with Crippen molar-refractivity contribution in [2.24, 2.45) is 17.8 Å². The molecule has 4 fully saturated rings. The first-order chi connectivity index (χ1) is 37.0. The average molecular weight is 1120 g/mol. The highest BCUT2D eigenvalue weighted by Crippen LogP contribution is 2.42. The summed E-state index contributed by atoms with van der Waals surface area (Å²) in [6, 6.07) is 1.93. The van der Waals surface area contributed by atoms with Crippen molar-refractivity contribution in [1.29, 1.82) is 0 Å². The molecule has 0 saturated carbocycles. The fraction of sp³-hybridized carbons (Fsp3) is 0.772. The van der Waals surface area contributed by atoms with Crippen molar-refractivity contribution in [1.82, 2.24) is 19.7 Å². The number of likely N-dealkylation sites (N-methyl/N-ethyl adjacent to an activating group) is 2. The van der Waals surface area contributed by atoms with Crippen LogP contribution in [-0.4, -0.2) is 192 Å². The number of rotatable bonds is 17. The van der Waals surface area contributed by atoms with Crippen LogP contribution in [0.4, 0.5) is 9.18 Å². The Hall–Kier alpha value is -4.36. The fourth-order valence-electron chi connectivity index (χ4n) is 12.5. The Balaban J connectivity index is 1.20. The molecule has 0 spiro atoms. The lowest BCUT2D eigenvalue weighted by Crippen LogP contribution is -2.61. The van der Waals surface area contributed by atoms with Crippen molar-refractivity contribution in [3.05, 3.63) is 45.5 Å². The second-order valence-electron chi connectivity index (χ2n) is 23.6. The predicted molar refractivity (Wildman–Crippen MR) is 288 cm³/mol. The maximum atomic E-state index is 15.2. The van der Waals surface area contributed by atoms with E-state index in [4.69, 9.17) is 42.6 Å². The smallest absolute Gasteiger partial charge is 0.477 e. The van der Waals surface area contributed by atoms with Crippen molar-refractivity contribution in [3.8, 4) is 0 Å². The molecule has 79 heavy (non-hydrogen) atoms. The van der Waals surface area contributed by atoms with Gasteiger partial charge in [0.25, 0.3) is 0 Å². The Morgan fingerprint density at radius 1 is 0.962 bits per heavy atom. The molecule has 5 heterocycles. The van der Waals surface area contributed by atoms with Crippen molar-refractivity contribution >= 4 is 35.0 Å². The number of aliphatic hydroxyl groups is 2. The van der Waals surface area contributed by atoms with Gasteiger partial charge in [-0.3, -0.25) is 19.3 Å². The van der Waals surface area contributed by atoms with Gasteiger partial charge in [0, 0.05) is 62.7 Å². The number of aromatic nitrogens is 1. The number of nitrogens with one attached hydrogen (secondary N) is 1. The number of pyridine rings is 1. The largest absolute Gasteiger partial charge is 0.509 e. The summed E-state index contributed by atoms with van der Waals surface area (Å²) in [6.07, 6.45) is -7.23. The number of aromatic carboxylic acids is 1. The van der Waals surface area contributed by atoms with Gasteiger partial charge in [0.1, 0.15) is 29.2 Å². The van der Waals surface area contributed by atoms with Crippen molar-refractivity contribution < 1.29 is 81.5 Å². The number of halogens is 1. The molecule has 0 bridgehead atoms. The Morgan fingerprint density at radius 2 is 1.66 bits per heavy atom. The predicted octanol–water partition coefficient (Wildman–Crippen LogP) is 5.42. The van der Waals surface area contributed by atoms with Crippen LogP contribution in [0.2, 0.25) is 0 Å². The van der Waals surface area contributed by atoms with Crippen LogP contribution in [0.15, 0.2) is 23.1 Å². The molecule has 0 aliphatic carbocycles. The molecule has 0 unspecified atom stereocenters. The normalized spacial score (nSPS) is 37.1. The SMILES string of the molecule is CC[C@@H]1OC(=O)[C@H](C)[C@H](O[C@@H]2C[C@](C)(OC)[C@H](OC(=O)CCNCCCc3cc4c(cc3F)c(=O)c(C(=O)O)cn4CC)[C@H](C)O2)[C@@H](C)[C@@H](O[C@@H]2O[C@H](C)C[C@H](N(C)C)[C@@H]2O)[C@](C)(O)C[C@H](C)CN(C)[C@@H](C)[C@H]2OC(=O)O[C@@]12C. The third kappa shape index (κ3) is 14.3. The Morgan fingerprint density at radius 3 is 2.29 bits per heavy atom. The van der Waals surface area contributed by atoms with E-state index in [0.29, 0.717) is 50.0 Å². The highest BCUT2D eigenvalue weighted by molar-refractivity contribution is 5.92. The molecule has 1 aromatic carbocycles. The van der Waals surface area contributed by atoms with Crippen LogP contribution in [0.5, 0.6) is 0 Å². The summed E-state index contributed by atoms with van der Waals surface area (Å²) in [7, 11) is 7.13. The molecule has 0 radical (unpaired) electrons. The number of carboxylic acid groups (broad SMARTS) is 1. The molecule has 18 atom stereocenters. The van der Waals surface area contributed by atoms with Crippen molar-refractivity contribution in [2.45, 2.75) is 218 Å². The molecule has 1 aromatic heterocycles.